The number of amides is 2. The van der Waals surface area contributed by atoms with E-state index in [-0.39, 0.29) is 12.5 Å². The number of fused-ring (bicyclic) bond motifs is 3. The Morgan fingerprint density at radius 1 is 0.841 bits per heavy atom. The molecule has 0 radical (unpaired) electrons. The maximum Gasteiger partial charge on any atom is 0.408 e. The van der Waals surface area contributed by atoms with Crippen molar-refractivity contribution >= 4 is 51.1 Å². The molecular formula is C35H31N5O4. The molecule has 4 aromatic carbocycles. The van der Waals surface area contributed by atoms with Crippen molar-refractivity contribution in [3.8, 4) is 11.3 Å². The minimum atomic E-state index is -1.01. The van der Waals surface area contributed by atoms with Crippen LogP contribution in [0.2, 0.25) is 0 Å². The molecule has 0 spiro atoms. The number of hydrogen-bond acceptors (Lipinski definition) is 6. The van der Waals surface area contributed by atoms with Gasteiger partial charge in [0.1, 0.15) is 23.3 Å². The molecule has 3 N–H and O–H groups in total. The van der Waals surface area contributed by atoms with Gasteiger partial charge in [-0.05, 0) is 68.8 Å². The van der Waals surface area contributed by atoms with Crippen molar-refractivity contribution in [2.75, 3.05) is 10.6 Å². The highest BCUT2D eigenvalue weighted by molar-refractivity contribution is 6.09. The van der Waals surface area contributed by atoms with E-state index < -0.39 is 11.6 Å². The van der Waals surface area contributed by atoms with E-state index in [1.807, 2.05) is 93.6 Å². The highest BCUT2D eigenvalue weighted by Gasteiger charge is 2.26. The summed E-state index contributed by atoms with van der Waals surface area (Å²) in [4.78, 5) is 35.2. The predicted molar refractivity (Wildman–Crippen MR) is 172 cm³/mol. The molecule has 220 valence electrons. The van der Waals surface area contributed by atoms with Crippen LogP contribution in [0.4, 0.5) is 22.0 Å². The first kappa shape index (κ1) is 28.4. The second-order valence-electron chi connectivity index (χ2n) is 11.5. The highest BCUT2D eigenvalue weighted by atomic mass is 16.4. The Balaban J connectivity index is 1.19. The molecule has 0 unspecified atom stereocenters. The molecule has 0 fully saturated rings. The van der Waals surface area contributed by atoms with E-state index in [2.05, 4.69) is 20.6 Å². The van der Waals surface area contributed by atoms with Crippen molar-refractivity contribution < 1.29 is 19.1 Å². The molecule has 0 aliphatic rings. The first-order chi connectivity index (χ1) is 21.2. The lowest BCUT2D eigenvalue weighted by molar-refractivity contribution is 0.0955. The third-order valence-electron chi connectivity index (χ3n) is 7.31. The summed E-state index contributed by atoms with van der Waals surface area (Å²) in [5.74, 6) is 0.283. The fourth-order valence-corrected chi connectivity index (χ4v) is 5.13. The van der Waals surface area contributed by atoms with E-state index in [0.29, 0.717) is 22.8 Å². The predicted octanol–water partition coefficient (Wildman–Crippen LogP) is 8.32. The van der Waals surface area contributed by atoms with E-state index in [0.717, 1.165) is 38.8 Å². The maximum absolute atomic E-state index is 13.1. The molecular weight excluding hydrogens is 554 g/mol. The van der Waals surface area contributed by atoms with Crippen LogP contribution in [-0.4, -0.2) is 37.5 Å². The Labute approximate surface area is 254 Å². The van der Waals surface area contributed by atoms with Crippen LogP contribution in [0, 0.1) is 0 Å². The highest BCUT2D eigenvalue weighted by Crippen LogP contribution is 2.35. The fraction of sp³-hybridized carbons (Fsp3) is 0.143. The molecule has 44 heavy (non-hydrogen) atoms. The molecule has 6 aromatic rings. The second-order valence-corrected chi connectivity index (χ2v) is 11.5. The van der Waals surface area contributed by atoms with E-state index in [1.165, 1.54) is 11.2 Å². The van der Waals surface area contributed by atoms with Gasteiger partial charge in [-0.1, -0.05) is 48.5 Å². The van der Waals surface area contributed by atoms with Crippen molar-refractivity contribution in [1.82, 2.24) is 14.9 Å². The largest absolute Gasteiger partial charge is 0.465 e. The number of nitrogens with one attached hydrogen (secondary N) is 2. The van der Waals surface area contributed by atoms with Crippen LogP contribution in [0.1, 0.15) is 36.7 Å². The normalized spacial score (nSPS) is 11.4. The van der Waals surface area contributed by atoms with Crippen molar-refractivity contribution in [1.29, 1.82) is 0 Å². The summed E-state index contributed by atoms with van der Waals surface area (Å²) in [6.07, 6.45) is 0.488. The van der Waals surface area contributed by atoms with Gasteiger partial charge >= 0.3 is 6.09 Å². The minimum absolute atomic E-state index is 0.172. The van der Waals surface area contributed by atoms with Crippen molar-refractivity contribution in [2.45, 2.75) is 32.9 Å². The molecule has 6 rings (SSSR count). The molecule has 2 heterocycles. The molecule has 2 amide bonds. The number of rotatable bonds is 7. The fourth-order valence-electron chi connectivity index (χ4n) is 5.13. The van der Waals surface area contributed by atoms with Crippen LogP contribution >= 0.6 is 0 Å². The molecule has 0 saturated carbocycles. The summed E-state index contributed by atoms with van der Waals surface area (Å²) in [5.41, 5.74) is 5.05. The summed E-state index contributed by atoms with van der Waals surface area (Å²) in [5, 5.41) is 18.0. The minimum Gasteiger partial charge on any atom is -0.465 e. The van der Waals surface area contributed by atoms with Crippen LogP contribution in [0.25, 0.3) is 33.2 Å². The van der Waals surface area contributed by atoms with Crippen molar-refractivity contribution in [3.63, 3.8) is 0 Å². The Bertz CT molecular complexity index is 2010. The SMILES string of the molecule is CC(C)(C)N(Cc1cccc(C(=O)Nc2cccc(Nc3cc(-c4cccc5c4oc4ccccc45)ncn3)c2)c1)C(=O)O. The summed E-state index contributed by atoms with van der Waals surface area (Å²) in [6, 6.07) is 30.1. The number of aromatic nitrogens is 2. The Morgan fingerprint density at radius 2 is 1.59 bits per heavy atom. The topological polar surface area (TPSA) is 121 Å². The average molecular weight is 586 g/mol. The van der Waals surface area contributed by atoms with Crippen LogP contribution in [0.5, 0.6) is 0 Å². The van der Waals surface area contributed by atoms with Crippen molar-refractivity contribution in [2.24, 2.45) is 0 Å². The van der Waals surface area contributed by atoms with Gasteiger partial charge in [0.05, 0.1) is 5.69 Å². The Kier molecular flexibility index (Phi) is 7.45. The van der Waals surface area contributed by atoms with Gasteiger partial charge in [-0.2, -0.15) is 0 Å². The van der Waals surface area contributed by atoms with Gasteiger partial charge < -0.3 is 20.2 Å². The van der Waals surface area contributed by atoms with Gasteiger partial charge in [0, 0.05) is 51.4 Å². The third-order valence-corrected chi connectivity index (χ3v) is 7.31. The molecule has 0 bridgehead atoms. The lowest BCUT2D eigenvalue weighted by Gasteiger charge is -2.33. The quantitative estimate of drug-likeness (QED) is 0.172. The summed E-state index contributed by atoms with van der Waals surface area (Å²) >= 11 is 0. The van der Waals surface area contributed by atoms with Gasteiger partial charge in [-0.3, -0.25) is 9.69 Å². The molecule has 9 nitrogen and oxygen atoms in total. The smallest absolute Gasteiger partial charge is 0.408 e. The van der Waals surface area contributed by atoms with Crippen molar-refractivity contribution in [3.05, 3.63) is 115 Å². The Morgan fingerprint density at radius 3 is 2.41 bits per heavy atom. The number of hydrogen-bond donors (Lipinski definition) is 3. The lowest BCUT2D eigenvalue weighted by Crippen LogP contribution is -2.44. The number of para-hydroxylation sites is 2. The number of furan rings is 1. The first-order valence-electron chi connectivity index (χ1n) is 14.2. The zero-order valence-corrected chi connectivity index (χ0v) is 24.5. The summed E-state index contributed by atoms with van der Waals surface area (Å²) < 4.78 is 6.19. The summed E-state index contributed by atoms with van der Waals surface area (Å²) in [6.45, 7) is 5.68. The van der Waals surface area contributed by atoms with Gasteiger partial charge in [-0.25, -0.2) is 14.8 Å². The van der Waals surface area contributed by atoms with Crippen LogP contribution < -0.4 is 10.6 Å². The molecule has 0 saturated heterocycles. The number of carboxylic acid groups (broad SMARTS) is 1. The van der Waals surface area contributed by atoms with E-state index >= 15 is 0 Å². The summed E-state index contributed by atoms with van der Waals surface area (Å²) in [7, 11) is 0. The van der Waals surface area contributed by atoms with E-state index in [1.54, 1.807) is 24.3 Å². The molecule has 0 aliphatic carbocycles. The number of anilines is 3. The van der Waals surface area contributed by atoms with Gasteiger partial charge in [0.15, 0.2) is 0 Å². The van der Waals surface area contributed by atoms with Crippen LogP contribution in [0.15, 0.2) is 108 Å². The van der Waals surface area contributed by atoms with Gasteiger partial charge in [0.25, 0.3) is 5.91 Å². The molecule has 9 heteroatoms. The zero-order valence-electron chi connectivity index (χ0n) is 24.5. The van der Waals surface area contributed by atoms with E-state index in [9.17, 15) is 14.7 Å². The van der Waals surface area contributed by atoms with E-state index in [4.69, 9.17) is 4.42 Å². The lowest BCUT2D eigenvalue weighted by atomic mass is 10.0. The van der Waals surface area contributed by atoms with Gasteiger partial charge in [-0.15, -0.1) is 0 Å². The van der Waals surface area contributed by atoms with Crippen LogP contribution in [-0.2, 0) is 6.54 Å². The Hall–Kier alpha value is -5.70. The number of carbonyl (C=O) groups is 2. The van der Waals surface area contributed by atoms with Gasteiger partial charge in [0.2, 0.25) is 0 Å². The number of benzene rings is 4. The number of carbonyl (C=O) groups excluding carboxylic acids is 1. The monoisotopic (exact) mass is 585 g/mol. The zero-order chi connectivity index (χ0) is 30.8. The second kappa shape index (κ2) is 11.5. The maximum atomic E-state index is 13.1. The molecule has 2 aromatic heterocycles. The average Bonchev–Trinajstić information content (AvgIpc) is 3.39. The molecule has 0 atom stereocenters. The first-order valence-corrected chi connectivity index (χ1v) is 14.2. The number of nitrogens with zero attached hydrogens (tertiary/aromatic N) is 3. The molecule has 0 aliphatic heterocycles. The standard InChI is InChI=1S/C35H31N5O4/c1-35(2,3)40(34(42)43)20-22-9-6-10-23(17-22)33(41)39-25-12-7-11-24(18-25)38-31-19-29(36-21-37-31)28-15-8-14-27-26-13-4-5-16-30(26)44-32(27)28/h4-19,21H,20H2,1-3H3,(H,39,41)(H,42,43)(H,36,37,38). The third kappa shape index (κ3) is 5.94. The van der Waals surface area contributed by atoms with Crippen LogP contribution in [0.3, 0.4) is 0 Å².